The Hall–Kier alpha value is -0.610. The highest BCUT2D eigenvalue weighted by atomic mass is 32.1. The monoisotopic (exact) mass is 253 g/mol. The molecule has 1 fully saturated rings. The molecule has 17 heavy (non-hydrogen) atoms. The third kappa shape index (κ3) is 3.42. The van der Waals surface area contributed by atoms with Gasteiger partial charge in [-0.1, -0.05) is 13.8 Å². The van der Waals surface area contributed by atoms with Crippen LogP contribution in [0.5, 0.6) is 0 Å². The summed E-state index contributed by atoms with van der Waals surface area (Å²) >= 11 is 1.81. The van der Waals surface area contributed by atoms with E-state index in [9.17, 15) is 0 Å². The Kier molecular flexibility index (Phi) is 4.05. The third-order valence-corrected chi connectivity index (χ3v) is 4.65. The van der Waals surface area contributed by atoms with Gasteiger partial charge in [0.25, 0.3) is 0 Å². The zero-order chi connectivity index (χ0) is 12.4. The number of aromatic nitrogens is 1. The van der Waals surface area contributed by atoms with Crippen molar-refractivity contribution in [1.82, 2.24) is 10.3 Å². The van der Waals surface area contributed by atoms with Crippen molar-refractivity contribution < 1.29 is 0 Å². The van der Waals surface area contributed by atoms with Gasteiger partial charge in [0.1, 0.15) is 0 Å². The standard InChI is InChI=1S/C13H23N3S/c1-9(2)10(3)16(4)13-15-8-12(17-13)7-14-11-5-6-11/h8-11,14H,5-7H2,1-4H3. The summed E-state index contributed by atoms with van der Waals surface area (Å²) in [7, 11) is 2.14. The van der Waals surface area contributed by atoms with Crippen molar-refractivity contribution in [1.29, 1.82) is 0 Å². The highest BCUT2D eigenvalue weighted by Gasteiger charge is 2.21. The molecule has 0 aromatic carbocycles. The Bertz CT molecular complexity index is 357. The number of nitrogens with zero attached hydrogens (tertiary/aromatic N) is 2. The molecule has 0 saturated heterocycles. The summed E-state index contributed by atoms with van der Waals surface area (Å²) in [6, 6.07) is 1.30. The lowest BCUT2D eigenvalue weighted by molar-refractivity contribution is 0.505. The lowest BCUT2D eigenvalue weighted by Crippen LogP contribution is -2.32. The molecule has 4 heteroatoms. The molecular formula is C13H23N3S. The highest BCUT2D eigenvalue weighted by molar-refractivity contribution is 7.15. The van der Waals surface area contributed by atoms with Gasteiger partial charge in [-0.05, 0) is 25.7 Å². The van der Waals surface area contributed by atoms with Crippen LogP contribution >= 0.6 is 11.3 Å². The van der Waals surface area contributed by atoms with Crippen LogP contribution in [-0.2, 0) is 6.54 Å². The van der Waals surface area contributed by atoms with E-state index < -0.39 is 0 Å². The predicted octanol–water partition coefficient (Wildman–Crippen LogP) is 2.88. The third-order valence-electron chi connectivity index (χ3n) is 3.56. The molecule has 96 valence electrons. The quantitative estimate of drug-likeness (QED) is 0.845. The zero-order valence-corrected chi connectivity index (χ0v) is 12.0. The van der Waals surface area contributed by atoms with Gasteiger partial charge in [-0.25, -0.2) is 4.98 Å². The van der Waals surface area contributed by atoms with E-state index >= 15 is 0 Å². The second-order valence-corrected chi connectivity index (χ2v) is 6.45. The molecule has 1 aromatic rings. The van der Waals surface area contributed by atoms with Gasteiger partial charge in [-0.3, -0.25) is 0 Å². The van der Waals surface area contributed by atoms with Crippen molar-refractivity contribution in [3.05, 3.63) is 11.1 Å². The molecule has 1 atom stereocenters. The average Bonchev–Trinajstić information content (AvgIpc) is 3.02. The normalized spacial score (nSPS) is 17.5. The van der Waals surface area contributed by atoms with Crippen molar-refractivity contribution in [2.75, 3.05) is 11.9 Å². The van der Waals surface area contributed by atoms with E-state index in [2.05, 4.69) is 43.0 Å². The van der Waals surface area contributed by atoms with Crippen LogP contribution in [0.2, 0.25) is 0 Å². The summed E-state index contributed by atoms with van der Waals surface area (Å²) < 4.78 is 0. The molecular weight excluding hydrogens is 230 g/mol. The molecule has 0 amide bonds. The number of nitrogens with one attached hydrogen (secondary N) is 1. The number of hydrogen-bond donors (Lipinski definition) is 1. The fraction of sp³-hybridized carbons (Fsp3) is 0.769. The van der Waals surface area contributed by atoms with E-state index in [0.717, 1.165) is 17.7 Å². The van der Waals surface area contributed by atoms with Gasteiger partial charge in [-0.15, -0.1) is 11.3 Å². The minimum Gasteiger partial charge on any atom is -0.348 e. The Morgan fingerprint density at radius 3 is 2.76 bits per heavy atom. The minimum absolute atomic E-state index is 0.533. The molecule has 1 heterocycles. The van der Waals surface area contributed by atoms with Crippen molar-refractivity contribution in [2.24, 2.45) is 5.92 Å². The van der Waals surface area contributed by atoms with Crippen molar-refractivity contribution in [3.8, 4) is 0 Å². The summed E-state index contributed by atoms with van der Waals surface area (Å²) in [5.74, 6) is 0.650. The van der Waals surface area contributed by atoms with E-state index in [0.29, 0.717) is 12.0 Å². The molecule has 0 spiro atoms. The van der Waals surface area contributed by atoms with Gasteiger partial charge in [0.15, 0.2) is 5.13 Å². The first-order valence-corrected chi connectivity index (χ1v) is 7.30. The van der Waals surface area contributed by atoms with Crippen LogP contribution in [0.25, 0.3) is 0 Å². The summed E-state index contributed by atoms with van der Waals surface area (Å²) in [5.41, 5.74) is 0. The molecule has 1 aromatic heterocycles. The largest absolute Gasteiger partial charge is 0.348 e. The zero-order valence-electron chi connectivity index (χ0n) is 11.2. The maximum Gasteiger partial charge on any atom is 0.185 e. The predicted molar refractivity (Wildman–Crippen MR) is 74.7 cm³/mol. The first-order valence-electron chi connectivity index (χ1n) is 6.49. The molecule has 1 N–H and O–H groups in total. The Balaban J connectivity index is 1.91. The van der Waals surface area contributed by atoms with Crippen LogP contribution < -0.4 is 10.2 Å². The molecule has 2 rings (SSSR count). The van der Waals surface area contributed by atoms with Crippen molar-refractivity contribution >= 4 is 16.5 Å². The first-order chi connectivity index (χ1) is 8.08. The fourth-order valence-electron chi connectivity index (χ4n) is 1.70. The molecule has 0 aliphatic heterocycles. The lowest BCUT2D eigenvalue weighted by atomic mass is 10.1. The highest BCUT2D eigenvalue weighted by Crippen LogP contribution is 2.26. The summed E-state index contributed by atoms with van der Waals surface area (Å²) in [4.78, 5) is 8.15. The van der Waals surface area contributed by atoms with Gasteiger partial charge in [-0.2, -0.15) is 0 Å². The summed E-state index contributed by atoms with van der Waals surface area (Å²) in [5, 5.41) is 4.67. The van der Waals surface area contributed by atoms with Crippen molar-refractivity contribution in [3.63, 3.8) is 0 Å². The maximum atomic E-state index is 4.52. The van der Waals surface area contributed by atoms with Crippen LogP contribution in [0.1, 0.15) is 38.5 Å². The maximum absolute atomic E-state index is 4.52. The van der Waals surface area contributed by atoms with Crippen LogP contribution in [0.4, 0.5) is 5.13 Å². The molecule has 1 aliphatic rings. The van der Waals surface area contributed by atoms with Gasteiger partial charge < -0.3 is 10.2 Å². The van der Waals surface area contributed by atoms with E-state index in [-0.39, 0.29) is 0 Å². The lowest BCUT2D eigenvalue weighted by Gasteiger charge is -2.27. The molecule has 1 unspecified atom stereocenters. The second-order valence-electron chi connectivity index (χ2n) is 5.36. The topological polar surface area (TPSA) is 28.2 Å². The number of thiazole rings is 1. The Labute approximate surface area is 108 Å². The minimum atomic E-state index is 0.533. The molecule has 0 bridgehead atoms. The summed E-state index contributed by atoms with van der Waals surface area (Å²) in [6.45, 7) is 7.75. The van der Waals surface area contributed by atoms with Crippen LogP contribution in [0.3, 0.4) is 0 Å². The number of rotatable bonds is 6. The first kappa shape index (κ1) is 12.8. The van der Waals surface area contributed by atoms with E-state index in [4.69, 9.17) is 0 Å². The van der Waals surface area contributed by atoms with E-state index in [1.807, 2.05) is 17.5 Å². The number of anilines is 1. The van der Waals surface area contributed by atoms with E-state index in [1.165, 1.54) is 17.7 Å². The Morgan fingerprint density at radius 2 is 2.18 bits per heavy atom. The van der Waals surface area contributed by atoms with Crippen LogP contribution in [0, 0.1) is 5.92 Å². The van der Waals surface area contributed by atoms with E-state index in [1.54, 1.807) is 0 Å². The fourth-order valence-corrected chi connectivity index (χ4v) is 2.61. The SMILES string of the molecule is CC(C)C(C)N(C)c1ncc(CNC2CC2)s1. The molecule has 1 saturated carbocycles. The molecule has 3 nitrogen and oxygen atoms in total. The van der Waals surface area contributed by atoms with Crippen LogP contribution in [0.15, 0.2) is 6.20 Å². The van der Waals surface area contributed by atoms with Gasteiger partial charge >= 0.3 is 0 Å². The van der Waals surface area contributed by atoms with Crippen LogP contribution in [-0.4, -0.2) is 24.1 Å². The molecule has 0 radical (unpaired) electrons. The summed E-state index contributed by atoms with van der Waals surface area (Å²) in [6.07, 6.45) is 4.70. The smallest absolute Gasteiger partial charge is 0.185 e. The average molecular weight is 253 g/mol. The second kappa shape index (κ2) is 5.36. The molecule has 1 aliphatic carbocycles. The number of hydrogen-bond acceptors (Lipinski definition) is 4. The van der Waals surface area contributed by atoms with Gasteiger partial charge in [0, 0.05) is 36.8 Å². The van der Waals surface area contributed by atoms with Crippen molar-refractivity contribution in [2.45, 2.75) is 52.2 Å². The van der Waals surface area contributed by atoms with Gasteiger partial charge in [0.2, 0.25) is 0 Å². The van der Waals surface area contributed by atoms with Gasteiger partial charge in [0.05, 0.1) is 0 Å². The Morgan fingerprint density at radius 1 is 1.47 bits per heavy atom.